The molecule has 0 radical (unpaired) electrons. The Kier molecular flexibility index (Phi) is 13.9. The molecule has 5 atom stereocenters. The summed E-state index contributed by atoms with van der Waals surface area (Å²) in [5.41, 5.74) is 0.802. The summed E-state index contributed by atoms with van der Waals surface area (Å²) < 4.78 is 16.1. The number of benzene rings is 1. The van der Waals surface area contributed by atoms with E-state index in [0.29, 0.717) is 5.75 Å². The van der Waals surface area contributed by atoms with Crippen molar-refractivity contribution in [2.75, 3.05) is 70.7 Å². The number of carbonyl (C=O) groups is 5. The Morgan fingerprint density at radius 1 is 0.619 bits per heavy atom. The summed E-state index contributed by atoms with van der Waals surface area (Å²) >= 11 is 0. The van der Waals surface area contributed by atoms with Crippen LogP contribution in [0, 0.1) is 0 Å². The van der Waals surface area contributed by atoms with E-state index in [1.807, 2.05) is 12.1 Å². The maximum Gasteiger partial charge on any atom is 0.312 e. The third-order valence-corrected chi connectivity index (χ3v) is 7.36. The van der Waals surface area contributed by atoms with E-state index in [1.165, 1.54) is 64.2 Å². The highest BCUT2D eigenvalue weighted by Gasteiger charge is 2.43. The largest absolute Gasteiger partial charge is 0.497 e. The summed E-state index contributed by atoms with van der Waals surface area (Å²) in [6, 6.07) is 3.86. The van der Waals surface area contributed by atoms with Gasteiger partial charge in [-0.15, -0.1) is 0 Å². The van der Waals surface area contributed by atoms with Crippen LogP contribution in [0.5, 0.6) is 5.75 Å². The van der Waals surface area contributed by atoms with Crippen LogP contribution in [0.3, 0.4) is 0 Å². The first-order valence-corrected chi connectivity index (χ1v) is 13.5. The minimum atomic E-state index is -1.24. The summed E-state index contributed by atoms with van der Waals surface area (Å²) in [5.74, 6) is -2.57. The van der Waals surface area contributed by atoms with Crippen molar-refractivity contribution in [3.05, 3.63) is 29.8 Å². The topological polar surface area (TPSA) is 129 Å². The summed E-state index contributed by atoms with van der Waals surface area (Å²) in [6.45, 7) is 3.22. The quantitative estimate of drug-likeness (QED) is 0.292. The lowest BCUT2D eigenvalue weighted by Crippen LogP contribution is -2.63. The SMILES string of the molecule is COc1ccc(C[C@H](C(=O)N(C)C)N(C)C(=O)[C@@H]([C@@H](C)OC)N(C)C(=O)[C@H]([C@@H](C)OC)N(C)C(=O)C(=O)N(C)C)cc1. The Morgan fingerprint density at radius 2 is 1.07 bits per heavy atom. The maximum absolute atomic E-state index is 14.1. The highest BCUT2D eigenvalue weighted by Crippen LogP contribution is 2.20. The van der Waals surface area contributed by atoms with Gasteiger partial charge in [-0.1, -0.05) is 12.1 Å². The Labute approximate surface area is 249 Å². The predicted octanol–water partition coefficient (Wildman–Crippen LogP) is -0.0351. The molecule has 13 heteroatoms. The van der Waals surface area contributed by atoms with Crippen molar-refractivity contribution in [3.63, 3.8) is 0 Å². The van der Waals surface area contributed by atoms with Crippen LogP contribution < -0.4 is 4.74 Å². The average molecular weight is 594 g/mol. The lowest BCUT2D eigenvalue weighted by atomic mass is 10.0. The minimum absolute atomic E-state index is 0.211. The van der Waals surface area contributed by atoms with Gasteiger partial charge in [0.25, 0.3) is 0 Å². The molecule has 0 heterocycles. The highest BCUT2D eigenvalue weighted by atomic mass is 16.5. The fourth-order valence-corrected chi connectivity index (χ4v) is 4.47. The zero-order valence-electron chi connectivity index (χ0n) is 26.9. The van der Waals surface area contributed by atoms with Crippen LogP contribution >= 0.6 is 0 Å². The molecular weight excluding hydrogens is 546 g/mol. The summed E-state index contributed by atoms with van der Waals surface area (Å²) in [7, 11) is 14.7. The van der Waals surface area contributed by atoms with Crippen LogP contribution in [0.25, 0.3) is 0 Å². The fourth-order valence-electron chi connectivity index (χ4n) is 4.47. The molecule has 0 spiro atoms. The van der Waals surface area contributed by atoms with E-state index in [-0.39, 0.29) is 12.3 Å². The predicted molar refractivity (Wildman–Crippen MR) is 157 cm³/mol. The Hall–Kier alpha value is -3.71. The lowest BCUT2D eigenvalue weighted by Gasteiger charge is -2.40. The van der Waals surface area contributed by atoms with Crippen molar-refractivity contribution in [1.29, 1.82) is 0 Å². The van der Waals surface area contributed by atoms with Gasteiger partial charge in [0.2, 0.25) is 17.7 Å². The van der Waals surface area contributed by atoms with Crippen molar-refractivity contribution in [3.8, 4) is 5.75 Å². The van der Waals surface area contributed by atoms with Crippen molar-refractivity contribution >= 4 is 29.5 Å². The second-order valence-corrected chi connectivity index (χ2v) is 10.6. The third kappa shape index (κ3) is 8.65. The maximum atomic E-state index is 14.1. The molecule has 5 amide bonds. The number of hydrogen-bond donors (Lipinski definition) is 0. The summed E-state index contributed by atoms with van der Waals surface area (Å²) in [4.78, 5) is 72.7. The number of likely N-dealkylation sites (N-methyl/N-ethyl adjacent to an activating group) is 5. The molecule has 0 unspecified atom stereocenters. The molecule has 13 nitrogen and oxygen atoms in total. The van der Waals surface area contributed by atoms with Crippen molar-refractivity contribution in [1.82, 2.24) is 24.5 Å². The molecule has 0 aliphatic heterocycles. The normalized spacial score (nSPS) is 14.5. The zero-order valence-corrected chi connectivity index (χ0v) is 26.9. The molecule has 0 N–H and O–H groups in total. The first-order chi connectivity index (χ1) is 19.5. The van der Waals surface area contributed by atoms with Gasteiger partial charge in [-0.3, -0.25) is 24.0 Å². The van der Waals surface area contributed by atoms with E-state index in [4.69, 9.17) is 14.2 Å². The Bertz CT molecular complexity index is 1090. The lowest BCUT2D eigenvalue weighted by molar-refractivity contribution is -0.162. The van der Waals surface area contributed by atoms with Gasteiger partial charge >= 0.3 is 11.8 Å². The van der Waals surface area contributed by atoms with E-state index < -0.39 is 54.0 Å². The van der Waals surface area contributed by atoms with Crippen LogP contribution in [0.1, 0.15) is 19.4 Å². The number of ether oxygens (including phenoxy) is 3. The molecule has 1 rings (SSSR count). The van der Waals surface area contributed by atoms with Gasteiger partial charge in [0.1, 0.15) is 23.9 Å². The Morgan fingerprint density at radius 3 is 1.48 bits per heavy atom. The summed E-state index contributed by atoms with van der Waals surface area (Å²) in [5, 5.41) is 0. The highest BCUT2D eigenvalue weighted by molar-refractivity contribution is 6.35. The monoisotopic (exact) mass is 593 g/mol. The molecule has 0 saturated carbocycles. The molecule has 1 aromatic carbocycles. The van der Waals surface area contributed by atoms with Crippen molar-refractivity contribution in [2.45, 2.75) is 50.6 Å². The number of nitrogens with zero attached hydrogens (tertiary/aromatic N) is 5. The second-order valence-electron chi connectivity index (χ2n) is 10.6. The van der Waals surface area contributed by atoms with Crippen molar-refractivity contribution < 1.29 is 38.2 Å². The number of carbonyl (C=O) groups excluding carboxylic acids is 5. The standard InChI is InChI=1S/C29H47N5O8/c1-18(40-10)23(33(8)27(37)24(19(2)41-11)34(9)29(39)28(38)31(5)6)26(36)32(7)22(25(35)30(3)4)17-20-13-15-21(42-12)16-14-20/h13-16,18-19,22-24H,17H2,1-12H3/t18-,19-,22-,23-,24+/m1/s1. The van der Waals surface area contributed by atoms with Gasteiger partial charge in [0, 0.05) is 70.0 Å². The molecule has 0 saturated heterocycles. The fraction of sp³-hybridized carbons (Fsp3) is 0.621. The van der Waals surface area contributed by atoms with Crippen LogP contribution in [-0.2, 0) is 39.9 Å². The van der Waals surface area contributed by atoms with Gasteiger partial charge in [0.15, 0.2) is 0 Å². The van der Waals surface area contributed by atoms with E-state index in [2.05, 4.69) is 0 Å². The molecule has 0 bridgehead atoms. The molecule has 0 aliphatic rings. The van der Waals surface area contributed by atoms with Gasteiger partial charge < -0.3 is 38.7 Å². The molecule has 0 aliphatic carbocycles. The van der Waals surface area contributed by atoms with E-state index in [1.54, 1.807) is 47.2 Å². The van der Waals surface area contributed by atoms with Crippen molar-refractivity contribution in [2.24, 2.45) is 0 Å². The number of methoxy groups -OCH3 is 3. The van der Waals surface area contributed by atoms with E-state index in [9.17, 15) is 24.0 Å². The molecule has 1 aromatic rings. The Balaban J connectivity index is 3.49. The van der Waals surface area contributed by atoms with Crippen LogP contribution in [-0.4, -0.2) is 155 Å². The second kappa shape index (κ2) is 16.1. The van der Waals surface area contributed by atoms with Gasteiger partial charge in [-0.05, 0) is 31.5 Å². The smallest absolute Gasteiger partial charge is 0.312 e. The first-order valence-electron chi connectivity index (χ1n) is 13.5. The van der Waals surface area contributed by atoms with Gasteiger partial charge in [-0.2, -0.15) is 0 Å². The van der Waals surface area contributed by atoms with Gasteiger partial charge in [-0.25, -0.2) is 0 Å². The third-order valence-electron chi connectivity index (χ3n) is 7.36. The van der Waals surface area contributed by atoms with Crippen LogP contribution in [0.2, 0.25) is 0 Å². The molecule has 42 heavy (non-hydrogen) atoms. The van der Waals surface area contributed by atoms with E-state index >= 15 is 0 Å². The minimum Gasteiger partial charge on any atom is -0.497 e. The zero-order chi connectivity index (χ0) is 32.5. The molecular formula is C29H47N5O8. The first kappa shape index (κ1) is 36.3. The number of amides is 5. The molecule has 236 valence electrons. The molecule has 0 aromatic heterocycles. The molecule has 0 fully saturated rings. The number of hydrogen-bond acceptors (Lipinski definition) is 8. The summed E-state index contributed by atoms with van der Waals surface area (Å²) in [6.07, 6.45) is -1.41. The van der Waals surface area contributed by atoms with Crippen LogP contribution in [0.4, 0.5) is 0 Å². The van der Waals surface area contributed by atoms with Gasteiger partial charge in [0.05, 0.1) is 19.3 Å². The van der Waals surface area contributed by atoms with E-state index in [0.717, 1.165) is 15.4 Å². The number of rotatable bonds is 13. The average Bonchev–Trinajstić information content (AvgIpc) is 2.97. The van der Waals surface area contributed by atoms with Crippen LogP contribution in [0.15, 0.2) is 24.3 Å².